The minimum absolute atomic E-state index is 0.194. The SMILES string of the molecule is Cc1ccc2[nH]c(CNc3nn([C@H]4CC[C@H](O)CC4)c4nc(C5CC5)cnc34)nc2c1. The Bertz CT molecular complexity index is 1250. The van der Waals surface area contributed by atoms with Gasteiger partial charge in [-0.05, 0) is 63.1 Å². The van der Waals surface area contributed by atoms with Crippen molar-refractivity contribution in [3.05, 3.63) is 41.5 Å². The summed E-state index contributed by atoms with van der Waals surface area (Å²) in [5.41, 5.74) is 5.94. The van der Waals surface area contributed by atoms with Crippen LogP contribution in [0.4, 0.5) is 5.82 Å². The molecule has 0 atom stereocenters. The summed E-state index contributed by atoms with van der Waals surface area (Å²) >= 11 is 0. The van der Waals surface area contributed by atoms with Crippen molar-refractivity contribution in [2.45, 2.75) is 70.1 Å². The van der Waals surface area contributed by atoms with Gasteiger partial charge in [-0.2, -0.15) is 5.10 Å². The average molecular weight is 418 g/mol. The van der Waals surface area contributed by atoms with Crippen LogP contribution in [0.15, 0.2) is 24.4 Å². The number of H-pyrrole nitrogens is 1. The van der Waals surface area contributed by atoms with Crippen LogP contribution in [-0.4, -0.2) is 40.9 Å². The van der Waals surface area contributed by atoms with Crippen molar-refractivity contribution in [3.8, 4) is 0 Å². The zero-order chi connectivity index (χ0) is 20.9. The molecule has 3 N–H and O–H groups in total. The highest BCUT2D eigenvalue weighted by molar-refractivity contribution is 5.83. The van der Waals surface area contributed by atoms with E-state index in [4.69, 9.17) is 20.1 Å². The van der Waals surface area contributed by atoms with Gasteiger partial charge in [-0.15, -0.1) is 0 Å². The largest absolute Gasteiger partial charge is 0.393 e. The molecule has 4 aromatic rings. The number of rotatable bonds is 5. The number of hydrogen-bond donors (Lipinski definition) is 3. The number of fused-ring (bicyclic) bond motifs is 2. The van der Waals surface area contributed by atoms with E-state index in [-0.39, 0.29) is 12.1 Å². The summed E-state index contributed by atoms with van der Waals surface area (Å²) in [7, 11) is 0. The zero-order valence-electron chi connectivity index (χ0n) is 17.7. The Hall–Kier alpha value is -3.00. The number of aromatic nitrogens is 6. The molecule has 2 aliphatic carbocycles. The lowest BCUT2D eigenvalue weighted by Crippen LogP contribution is -2.22. The third-order valence-corrected chi connectivity index (χ3v) is 6.54. The van der Waals surface area contributed by atoms with Gasteiger partial charge in [0.05, 0.1) is 35.4 Å². The van der Waals surface area contributed by atoms with Gasteiger partial charge in [0.1, 0.15) is 5.82 Å². The van der Waals surface area contributed by atoms with Crippen molar-refractivity contribution < 1.29 is 5.11 Å². The number of aryl methyl sites for hydroxylation is 1. The highest BCUT2D eigenvalue weighted by Crippen LogP contribution is 2.40. The molecule has 0 amide bonds. The maximum atomic E-state index is 9.92. The highest BCUT2D eigenvalue weighted by Gasteiger charge is 2.29. The van der Waals surface area contributed by atoms with Gasteiger partial charge < -0.3 is 15.4 Å². The molecule has 6 rings (SSSR count). The summed E-state index contributed by atoms with van der Waals surface area (Å²) in [5.74, 6) is 2.16. The maximum Gasteiger partial charge on any atom is 0.179 e. The third-order valence-electron chi connectivity index (χ3n) is 6.54. The molecular formula is C23H27N7O. The van der Waals surface area contributed by atoms with Gasteiger partial charge in [0.15, 0.2) is 17.0 Å². The second-order valence-corrected chi connectivity index (χ2v) is 9.05. The molecule has 160 valence electrons. The summed E-state index contributed by atoms with van der Waals surface area (Å²) in [5, 5.41) is 18.3. The fourth-order valence-corrected chi connectivity index (χ4v) is 4.59. The molecule has 3 aromatic heterocycles. The van der Waals surface area contributed by atoms with E-state index >= 15 is 0 Å². The van der Waals surface area contributed by atoms with Crippen molar-refractivity contribution in [1.29, 1.82) is 0 Å². The topological polar surface area (TPSA) is 105 Å². The highest BCUT2D eigenvalue weighted by atomic mass is 16.3. The summed E-state index contributed by atoms with van der Waals surface area (Å²) in [6.45, 7) is 2.61. The van der Waals surface area contributed by atoms with Gasteiger partial charge in [0.25, 0.3) is 0 Å². The van der Waals surface area contributed by atoms with Crippen LogP contribution in [0.2, 0.25) is 0 Å². The third kappa shape index (κ3) is 3.54. The minimum atomic E-state index is -0.194. The quantitative estimate of drug-likeness (QED) is 0.454. The number of aromatic amines is 1. The molecule has 2 aliphatic rings. The number of imidazole rings is 1. The first-order chi connectivity index (χ1) is 15.1. The van der Waals surface area contributed by atoms with E-state index in [0.717, 1.165) is 65.2 Å². The van der Waals surface area contributed by atoms with E-state index in [1.165, 1.54) is 18.4 Å². The first-order valence-electron chi connectivity index (χ1n) is 11.3. The van der Waals surface area contributed by atoms with Crippen LogP contribution >= 0.6 is 0 Å². The Morgan fingerprint density at radius 1 is 1.13 bits per heavy atom. The first-order valence-corrected chi connectivity index (χ1v) is 11.3. The molecule has 8 nitrogen and oxygen atoms in total. The molecule has 3 heterocycles. The molecule has 0 radical (unpaired) electrons. The van der Waals surface area contributed by atoms with Gasteiger partial charge in [-0.25, -0.2) is 19.6 Å². The second kappa shape index (κ2) is 7.30. The monoisotopic (exact) mass is 417 g/mol. The predicted molar refractivity (Wildman–Crippen MR) is 119 cm³/mol. The van der Waals surface area contributed by atoms with Crippen molar-refractivity contribution >= 4 is 28.0 Å². The van der Waals surface area contributed by atoms with E-state index in [0.29, 0.717) is 12.5 Å². The number of nitrogens with one attached hydrogen (secondary N) is 2. The fourth-order valence-electron chi connectivity index (χ4n) is 4.59. The second-order valence-electron chi connectivity index (χ2n) is 9.05. The Kier molecular flexibility index (Phi) is 4.41. The van der Waals surface area contributed by atoms with E-state index in [9.17, 15) is 5.11 Å². The van der Waals surface area contributed by atoms with Crippen LogP contribution in [0.3, 0.4) is 0 Å². The zero-order valence-corrected chi connectivity index (χ0v) is 17.7. The van der Waals surface area contributed by atoms with Crippen LogP contribution < -0.4 is 5.32 Å². The molecule has 2 saturated carbocycles. The van der Waals surface area contributed by atoms with Crippen molar-refractivity contribution in [3.63, 3.8) is 0 Å². The molecule has 2 fully saturated rings. The molecule has 0 spiro atoms. The Balaban J connectivity index is 1.32. The molecule has 0 unspecified atom stereocenters. The van der Waals surface area contributed by atoms with E-state index < -0.39 is 0 Å². The number of aliphatic hydroxyl groups excluding tert-OH is 1. The number of anilines is 1. The summed E-state index contributed by atoms with van der Waals surface area (Å²) in [4.78, 5) is 17.8. The molecule has 0 saturated heterocycles. The smallest absolute Gasteiger partial charge is 0.179 e. The van der Waals surface area contributed by atoms with E-state index in [1.54, 1.807) is 0 Å². The van der Waals surface area contributed by atoms with Gasteiger partial charge in [-0.1, -0.05) is 6.07 Å². The van der Waals surface area contributed by atoms with E-state index in [2.05, 4.69) is 35.4 Å². The lowest BCUT2D eigenvalue weighted by molar-refractivity contribution is 0.109. The van der Waals surface area contributed by atoms with Crippen molar-refractivity contribution in [1.82, 2.24) is 29.7 Å². The van der Waals surface area contributed by atoms with Crippen LogP contribution in [0.1, 0.15) is 67.6 Å². The standard InChI is InChI=1S/C23H27N7O/c1-13-2-9-17-18(10-13)27-20(26-17)12-25-22-21-23(28-19(11-24-21)14-3-4-14)30(29-22)15-5-7-16(31)8-6-15/h2,9-11,14-16,31H,3-8,12H2,1H3,(H,25,29)(H,26,27)/t15-,16-. The van der Waals surface area contributed by atoms with Gasteiger partial charge in [0.2, 0.25) is 0 Å². The summed E-state index contributed by atoms with van der Waals surface area (Å²) < 4.78 is 2.05. The minimum Gasteiger partial charge on any atom is -0.393 e. The molecule has 8 heteroatoms. The molecule has 31 heavy (non-hydrogen) atoms. The van der Waals surface area contributed by atoms with Gasteiger partial charge >= 0.3 is 0 Å². The lowest BCUT2D eigenvalue weighted by atomic mass is 9.93. The van der Waals surface area contributed by atoms with Crippen molar-refractivity contribution in [2.24, 2.45) is 0 Å². The molecule has 1 aromatic carbocycles. The summed E-state index contributed by atoms with van der Waals surface area (Å²) in [6.07, 6.45) is 7.55. The Morgan fingerprint density at radius 2 is 1.97 bits per heavy atom. The van der Waals surface area contributed by atoms with Crippen LogP contribution in [0.5, 0.6) is 0 Å². The molecule has 0 aliphatic heterocycles. The molecule has 0 bridgehead atoms. The fraction of sp³-hybridized carbons (Fsp3) is 0.478. The predicted octanol–water partition coefficient (Wildman–Crippen LogP) is 3.98. The Labute approximate surface area is 180 Å². The number of benzene rings is 1. The average Bonchev–Trinajstić information content (AvgIpc) is 3.45. The number of nitrogens with zero attached hydrogens (tertiary/aromatic N) is 5. The molecular weight excluding hydrogens is 390 g/mol. The van der Waals surface area contributed by atoms with Crippen molar-refractivity contribution in [2.75, 3.05) is 5.32 Å². The van der Waals surface area contributed by atoms with Crippen LogP contribution in [0, 0.1) is 6.92 Å². The van der Waals surface area contributed by atoms with E-state index in [1.807, 2.05) is 10.9 Å². The van der Waals surface area contributed by atoms with Gasteiger partial charge in [-0.3, -0.25) is 0 Å². The Morgan fingerprint density at radius 3 is 2.77 bits per heavy atom. The first kappa shape index (κ1) is 18.7. The van der Waals surface area contributed by atoms with Crippen LogP contribution in [0.25, 0.3) is 22.2 Å². The van der Waals surface area contributed by atoms with Gasteiger partial charge in [0, 0.05) is 12.1 Å². The number of hydrogen-bond acceptors (Lipinski definition) is 6. The normalized spacial score (nSPS) is 21.7. The number of aliphatic hydroxyl groups is 1. The van der Waals surface area contributed by atoms with Crippen LogP contribution in [-0.2, 0) is 6.54 Å². The lowest BCUT2D eigenvalue weighted by Gasteiger charge is -2.25. The maximum absolute atomic E-state index is 9.92. The summed E-state index contributed by atoms with van der Waals surface area (Å²) in [6, 6.07) is 6.48.